The molecule has 1 fully saturated rings. The molecule has 0 bridgehead atoms. The molecular formula is C22H22FN3O2. The average molecular weight is 379 g/mol. The summed E-state index contributed by atoms with van der Waals surface area (Å²) in [6.45, 7) is 5.61. The molecule has 0 saturated carbocycles. The molecule has 2 aromatic carbocycles. The zero-order valence-electron chi connectivity index (χ0n) is 15.9. The van der Waals surface area contributed by atoms with Gasteiger partial charge in [0.1, 0.15) is 11.5 Å². The Hall–Kier alpha value is -2.99. The van der Waals surface area contributed by atoms with Gasteiger partial charge in [0.2, 0.25) is 0 Å². The van der Waals surface area contributed by atoms with Crippen LogP contribution in [0.15, 0.2) is 54.7 Å². The van der Waals surface area contributed by atoms with Gasteiger partial charge in [-0.25, -0.2) is 9.07 Å². The van der Waals surface area contributed by atoms with Crippen LogP contribution >= 0.6 is 0 Å². The highest BCUT2D eigenvalue weighted by Crippen LogP contribution is 2.26. The Kier molecular flexibility index (Phi) is 4.96. The monoisotopic (exact) mass is 379 g/mol. The number of hydrogen-bond donors (Lipinski definition) is 0. The highest BCUT2D eigenvalue weighted by atomic mass is 19.1. The molecular weight excluding hydrogens is 357 g/mol. The molecule has 0 radical (unpaired) electrons. The third kappa shape index (κ3) is 3.68. The fourth-order valence-corrected chi connectivity index (χ4v) is 3.35. The van der Waals surface area contributed by atoms with E-state index in [2.05, 4.69) is 5.10 Å². The summed E-state index contributed by atoms with van der Waals surface area (Å²) in [5.74, 6) is -0.382. The van der Waals surface area contributed by atoms with Crippen LogP contribution in [0.1, 0.15) is 22.8 Å². The minimum Gasteiger partial charge on any atom is -0.375 e. The van der Waals surface area contributed by atoms with Gasteiger partial charge >= 0.3 is 0 Å². The Morgan fingerprint density at radius 3 is 2.54 bits per heavy atom. The number of ether oxygens (including phenoxy) is 1. The molecule has 2 heterocycles. The molecule has 28 heavy (non-hydrogen) atoms. The van der Waals surface area contributed by atoms with E-state index in [1.165, 1.54) is 12.1 Å². The number of halogens is 1. The van der Waals surface area contributed by atoms with E-state index in [9.17, 15) is 9.18 Å². The Labute approximate surface area is 163 Å². The summed E-state index contributed by atoms with van der Waals surface area (Å²) in [7, 11) is 0. The molecule has 1 atom stereocenters. The number of rotatable bonds is 3. The molecule has 1 saturated heterocycles. The number of amides is 1. The molecule has 5 nitrogen and oxygen atoms in total. The normalized spacial score (nSPS) is 17.0. The zero-order valence-corrected chi connectivity index (χ0v) is 15.9. The summed E-state index contributed by atoms with van der Waals surface area (Å²) < 4.78 is 20.5. The number of morpholine rings is 1. The maximum Gasteiger partial charge on any atom is 0.257 e. The van der Waals surface area contributed by atoms with Crippen molar-refractivity contribution in [2.75, 3.05) is 19.7 Å². The first-order chi connectivity index (χ1) is 13.5. The molecule has 1 aliphatic rings. The molecule has 4 rings (SSSR count). The SMILES string of the molecule is Cc1ccc(-c2nn(-c3ccc(F)cc3)cc2C(=O)N2CCOC(C)C2)cc1. The van der Waals surface area contributed by atoms with Crippen molar-refractivity contribution in [1.29, 1.82) is 0 Å². The van der Waals surface area contributed by atoms with Gasteiger partial charge in [0.15, 0.2) is 0 Å². The molecule has 3 aromatic rings. The van der Waals surface area contributed by atoms with Gasteiger partial charge < -0.3 is 9.64 Å². The quantitative estimate of drug-likeness (QED) is 0.695. The molecule has 1 unspecified atom stereocenters. The van der Waals surface area contributed by atoms with Gasteiger partial charge in [-0.2, -0.15) is 5.10 Å². The van der Waals surface area contributed by atoms with Crippen molar-refractivity contribution in [2.24, 2.45) is 0 Å². The highest BCUT2D eigenvalue weighted by molar-refractivity contribution is 6.00. The van der Waals surface area contributed by atoms with Crippen LogP contribution < -0.4 is 0 Å². The topological polar surface area (TPSA) is 47.4 Å². The summed E-state index contributed by atoms with van der Waals surface area (Å²) in [5, 5.41) is 4.66. The Morgan fingerprint density at radius 2 is 1.86 bits per heavy atom. The zero-order chi connectivity index (χ0) is 19.7. The molecule has 6 heteroatoms. The predicted molar refractivity (Wildman–Crippen MR) is 105 cm³/mol. The summed E-state index contributed by atoms with van der Waals surface area (Å²) in [5.41, 5.74) is 3.85. The lowest BCUT2D eigenvalue weighted by atomic mass is 10.1. The highest BCUT2D eigenvalue weighted by Gasteiger charge is 2.27. The number of benzene rings is 2. The van der Waals surface area contributed by atoms with E-state index in [1.807, 2.05) is 38.1 Å². The van der Waals surface area contributed by atoms with Gasteiger partial charge in [-0.05, 0) is 38.1 Å². The fraction of sp³-hybridized carbons (Fsp3) is 0.273. The summed E-state index contributed by atoms with van der Waals surface area (Å²) in [4.78, 5) is 15.1. The minimum atomic E-state index is -0.312. The lowest BCUT2D eigenvalue weighted by Crippen LogP contribution is -2.44. The number of aryl methyl sites for hydroxylation is 1. The average Bonchev–Trinajstić information content (AvgIpc) is 3.14. The predicted octanol–water partition coefficient (Wildman–Crippen LogP) is 3.85. The van der Waals surface area contributed by atoms with Crippen LogP contribution in [-0.4, -0.2) is 46.4 Å². The number of nitrogens with zero attached hydrogens (tertiary/aromatic N) is 3. The summed E-state index contributed by atoms with van der Waals surface area (Å²) >= 11 is 0. The Balaban J connectivity index is 1.77. The van der Waals surface area contributed by atoms with Crippen molar-refractivity contribution in [3.8, 4) is 16.9 Å². The van der Waals surface area contributed by atoms with Crippen LogP contribution in [0.2, 0.25) is 0 Å². The number of hydrogen-bond acceptors (Lipinski definition) is 3. The molecule has 144 valence electrons. The van der Waals surface area contributed by atoms with Crippen LogP contribution in [-0.2, 0) is 4.74 Å². The smallest absolute Gasteiger partial charge is 0.257 e. The van der Waals surface area contributed by atoms with E-state index in [4.69, 9.17) is 4.74 Å². The second kappa shape index (κ2) is 7.56. The second-order valence-electron chi connectivity index (χ2n) is 7.11. The lowest BCUT2D eigenvalue weighted by Gasteiger charge is -2.31. The molecule has 0 N–H and O–H groups in total. The van der Waals surface area contributed by atoms with E-state index >= 15 is 0 Å². The minimum absolute atomic E-state index is 0.00710. The van der Waals surface area contributed by atoms with Crippen molar-refractivity contribution in [3.63, 3.8) is 0 Å². The van der Waals surface area contributed by atoms with Gasteiger partial charge in [0.05, 0.1) is 24.0 Å². The van der Waals surface area contributed by atoms with E-state index in [-0.39, 0.29) is 17.8 Å². The first-order valence-corrected chi connectivity index (χ1v) is 9.35. The third-order valence-corrected chi connectivity index (χ3v) is 4.89. The summed E-state index contributed by atoms with van der Waals surface area (Å²) in [6, 6.07) is 14.0. The van der Waals surface area contributed by atoms with Crippen molar-refractivity contribution >= 4 is 5.91 Å². The van der Waals surface area contributed by atoms with Crippen molar-refractivity contribution in [2.45, 2.75) is 20.0 Å². The molecule has 0 aliphatic carbocycles. The van der Waals surface area contributed by atoms with Crippen LogP contribution in [0.3, 0.4) is 0 Å². The van der Waals surface area contributed by atoms with Crippen LogP contribution in [0.4, 0.5) is 4.39 Å². The maximum absolute atomic E-state index is 13.3. The standard InChI is InChI=1S/C22H22FN3O2/c1-15-3-5-17(6-4-15)21-20(22(27)25-11-12-28-16(2)13-25)14-26(24-21)19-9-7-18(23)8-10-19/h3-10,14,16H,11-13H2,1-2H3. The number of aromatic nitrogens is 2. The number of carbonyl (C=O) groups excluding carboxylic acids is 1. The van der Waals surface area contributed by atoms with Crippen molar-refractivity contribution in [1.82, 2.24) is 14.7 Å². The van der Waals surface area contributed by atoms with Gasteiger partial charge in [0.25, 0.3) is 5.91 Å². The first-order valence-electron chi connectivity index (χ1n) is 9.35. The van der Waals surface area contributed by atoms with E-state index in [0.717, 1.165) is 11.1 Å². The van der Waals surface area contributed by atoms with Crippen molar-refractivity contribution in [3.05, 3.63) is 71.7 Å². The lowest BCUT2D eigenvalue weighted by molar-refractivity contribution is -0.0123. The molecule has 0 spiro atoms. The van der Waals surface area contributed by atoms with Gasteiger partial charge in [-0.3, -0.25) is 4.79 Å². The first kappa shape index (κ1) is 18.4. The number of carbonyl (C=O) groups is 1. The Morgan fingerprint density at radius 1 is 1.14 bits per heavy atom. The largest absolute Gasteiger partial charge is 0.375 e. The Bertz CT molecular complexity index is 980. The van der Waals surface area contributed by atoms with E-state index < -0.39 is 0 Å². The fourth-order valence-electron chi connectivity index (χ4n) is 3.35. The van der Waals surface area contributed by atoms with E-state index in [1.54, 1.807) is 27.9 Å². The van der Waals surface area contributed by atoms with Gasteiger partial charge in [-0.1, -0.05) is 29.8 Å². The van der Waals surface area contributed by atoms with Crippen LogP contribution in [0.5, 0.6) is 0 Å². The maximum atomic E-state index is 13.3. The second-order valence-corrected chi connectivity index (χ2v) is 7.11. The van der Waals surface area contributed by atoms with Gasteiger partial charge in [0, 0.05) is 24.8 Å². The van der Waals surface area contributed by atoms with E-state index in [0.29, 0.717) is 36.6 Å². The molecule has 1 amide bonds. The van der Waals surface area contributed by atoms with Crippen molar-refractivity contribution < 1.29 is 13.9 Å². The molecule has 1 aromatic heterocycles. The molecule has 1 aliphatic heterocycles. The van der Waals surface area contributed by atoms with Crippen LogP contribution in [0, 0.1) is 12.7 Å². The van der Waals surface area contributed by atoms with Crippen LogP contribution in [0.25, 0.3) is 16.9 Å². The summed E-state index contributed by atoms with van der Waals surface area (Å²) in [6.07, 6.45) is 1.73. The van der Waals surface area contributed by atoms with Gasteiger partial charge in [-0.15, -0.1) is 0 Å². The third-order valence-electron chi connectivity index (χ3n) is 4.89.